The van der Waals surface area contributed by atoms with Gasteiger partial charge in [0, 0.05) is 13.8 Å². The van der Waals surface area contributed by atoms with Gasteiger partial charge in [-0.15, -0.1) is 0 Å². The van der Waals surface area contributed by atoms with Crippen molar-refractivity contribution >= 4 is 12.4 Å². The lowest BCUT2D eigenvalue weighted by Gasteiger charge is -2.07. The average Bonchev–Trinajstić information content (AvgIpc) is 1.63. The lowest BCUT2D eigenvalue weighted by atomic mass is 10.7. The van der Waals surface area contributed by atoms with Crippen molar-refractivity contribution in [2.24, 2.45) is 0 Å². The molecule has 0 saturated carbocycles. The molecule has 0 amide bonds. The Morgan fingerprint density at radius 1 is 1.67 bits per heavy atom. The van der Waals surface area contributed by atoms with Crippen LogP contribution in [0.15, 0.2) is 0 Å². The Kier molecular flexibility index (Phi) is 3.43. The van der Waals surface area contributed by atoms with E-state index in [4.69, 9.17) is 0 Å². The van der Waals surface area contributed by atoms with Crippen LogP contribution < -0.4 is 0 Å². The molecule has 0 bridgehead atoms. The van der Waals surface area contributed by atoms with Gasteiger partial charge in [0.2, 0.25) is 6.29 Å². The maximum Gasteiger partial charge on any atom is 0.305 e. The molecule has 0 aromatic rings. The minimum Gasteiger partial charge on any atom is -0.428 e. The molecule has 0 aromatic heterocycles. The normalized spacial score (nSPS) is 11.8. The minimum atomic E-state index is -0.778. The van der Waals surface area contributed by atoms with Crippen LogP contribution in [-0.2, 0) is 19.1 Å². The predicted octanol–water partition coefficient (Wildman–Crippen LogP) is 0.0685. The highest BCUT2D eigenvalue weighted by atomic mass is 16.7. The lowest BCUT2D eigenvalue weighted by molar-refractivity contribution is -0.174. The van der Waals surface area contributed by atoms with Gasteiger partial charge < -0.3 is 9.47 Å². The second-order valence-corrected chi connectivity index (χ2v) is 1.41. The molecule has 9 heavy (non-hydrogen) atoms. The number of hydrogen-bond donors (Lipinski definition) is 0. The van der Waals surface area contributed by atoms with Crippen molar-refractivity contribution < 1.29 is 19.1 Å². The fourth-order valence-electron chi connectivity index (χ4n) is 0.340. The molecule has 4 heteroatoms. The van der Waals surface area contributed by atoms with E-state index in [-0.39, 0.29) is 6.47 Å². The fraction of sp³-hybridized carbons (Fsp3) is 0.600. The zero-order chi connectivity index (χ0) is 7.28. The van der Waals surface area contributed by atoms with E-state index in [2.05, 4.69) is 9.47 Å². The molecule has 0 N–H and O–H groups in total. The summed E-state index contributed by atoms with van der Waals surface area (Å²) in [7, 11) is 0. The van der Waals surface area contributed by atoms with Crippen LogP contribution >= 0.6 is 0 Å². The SMILES string of the molecule is CC(=O)OC(C)OC=O. The van der Waals surface area contributed by atoms with Gasteiger partial charge in [-0.3, -0.25) is 9.59 Å². The third-order valence-corrected chi connectivity index (χ3v) is 0.579. The number of ether oxygens (including phenoxy) is 2. The number of carbonyl (C=O) groups is 2. The van der Waals surface area contributed by atoms with Crippen molar-refractivity contribution in [3.8, 4) is 0 Å². The molecule has 52 valence electrons. The molecule has 0 spiro atoms. The largest absolute Gasteiger partial charge is 0.428 e. The van der Waals surface area contributed by atoms with Crippen LogP contribution in [0.1, 0.15) is 13.8 Å². The van der Waals surface area contributed by atoms with Crippen LogP contribution in [0, 0.1) is 0 Å². The minimum absolute atomic E-state index is 0.230. The highest BCUT2D eigenvalue weighted by Crippen LogP contribution is 1.89. The van der Waals surface area contributed by atoms with Crippen molar-refractivity contribution in [1.29, 1.82) is 0 Å². The van der Waals surface area contributed by atoms with Crippen molar-refractivity contribution in [3.05, 3.63) is 0 Å². The zero-order valence-electron chi connectivity index (χ0n) is 5.29. The molecule has 0 aliphatic rings. The summed E-state index contributed by atoms with van der Waals surface area (Å²) in [6, 6.07) is 0. The highest BCUT2D eigenvalue weighted by Gasteiger charge is 2.02. The van der Waals surface area contributed by atoms with Gasteiger partial charge in [-0.2, -0.15) is 0 Å². The van der Waals surface area contributed by atoms with Gasteiger partial charge in [-0.05, 0) is 0 Å². The van der Waals surface area contributed by atoms with Crippen molar-refractivity contribution in [2.45, 2.75) is 20.1 Å². The standard InChI is InChI=1S/C5H8O4/c1-4(7)9-5(2)8-3-6/h3,5H,1-2H3. The van der Waals surface area contributed by atoms with Gasteiger partial charge in [-0.25, -0.2) is 0 Å². The first kappa shape index (κ1) is 7.94. The molecule has 0 saturated heterocycles. The van der Waals surface area contributed by atoms with E-state index in [1.165, 1.54) is 13.8 Å². The third kappa shape index (κ3) is 4.80. The Hall–Kier alpha value is -1.06. The van der Waals surface area contributed by atoms with Gasteiger partial charge >= 0.3 is 5.97 Å². The second kappa shape index (κ2) is 3.88. The summed E-state index contributed by atoms with van der Waals surface area (Å²) in [5.41, 5.74) is 0. The summed E-state index contributed by atoms with van der Waals surface area (Å²) in [5.74, 6) is -0.468. The molecule has 0 fully saturated rings. The second-order valence-electron chi connectivity index (χ2n) is 1.41. The summed E-state index contributed by atoms with van der Waals surface area (Å²) in [5, 5.41) is 0. The van der Waals surface area contributed by atoms with E-state index in [0.29, 0.717) is 0 Å². The molecule has 0 heterocycles. The topological polar surface area (TPSA) is 52.6 Å². The van der Waals surface area contributed by atoms with Crippen molar-refractivity contribution in [3.63, 3.8) is 0 Å². The zero-order valence-corrected chi connectivity index (χ0v) is 5.29. The molecule has 1 atom stereocenters. The van der Waals surface area contributed by atoms with Gasteiger partial charge in [0.05, 0.1) is 0 Å². The highest BCUT2D eigenvalue weighted by molar-refractivity contribution is 5.66. The van der Waals surface area contributed by atoms with Crippen molar-refractivity contribution in [1.82, 2.24) is 0 Å². The van der Waals surface area contributed by atoms with Crippen LogP contribution in [0.4, 0.5) is 0 Å². The molecule has 0 radical (unpaired) electrons. The van der Waals surface area contributed by atoms with E-state index in [9.17, 15) is 9.59 Å². The Morgan fingerprint density at radius 2 is 2.22 bits per heavy atom. The van der Waals surface area contributed by atoms with Crippen LogP contribution in [0.25, 0.3) is 0 Å². The third-order valence-electron chi connectivity index (χ3n) is 0.579. The maximum atomic E-state index is 10.1. The summed E-state index contributed by atoms with van der Waals surface area (Å²) in [6.45, 7) is 2.92. The Morgan fingerprint density at radius 3 is 2.56 bits per heavy atom. The van der Waals surface area contributed by atoms with E-state index in [1.54, 1.807) is 0 Å². The van der Waals surface area contributed by atoms with Crippen LogP contribution in [0.3, 0.4) is 0 Å². The van der Waals surface area contributed by atoms with E-state index < -0.39 is 12.3 Å². The van der Waals surface area contributed by atoms with Crippen LogP contribution in [0.2, 0.25) is 0 Å². The molecular weight excluding hydrogens is 124 g/mol. The first-order chi connectivity index (χ1) is 4.16. The molecule has 0 rings (SSSR count). The molecular formula is C5H8O4. The Labute approximate surface area is 52.7 Å². The molecule has 1 unspecified atom stereocenters. The molecule has 0 aliphatic heterocycles. The summed E-state index contributed by atoms with van der Waals surface area (Å²) >= 11 is 0. The van der Waals surface area contributed by atoms with Gasteiger partial charge in [0.1, 0.15) is 0 Å². The first-order valence-electron chi connectivity index (χ1n) is 2.43. The fourth-order valence-corrected chi connectivity index (χ4v) is 0.340. The summed E-state index contributed by atoms with van der Waals surface area (Å²) < 4.78 is 8.63. The van der Waals surface area contributed by atoms with Crippen LogP contribution in [-0.4, -0.2) is 18.7 Å². The Bertz CT molecular complexity index is 110. The van der Waals surface area contributed by atoms with Gasteiger partial charge in [-0.1, -0.05) is 0 Å². The van der Waals surface area contributed by atoms with E-state index in [1.807, 2.05) is 0 Å². The van der Waals surface area contributed by atoms with Gasteiger partial charge in [0.25, 0.3) is 6.47 Å². The number of esters is 1. The maximum absolute atomic E-state index is 10.1. The Balaban J connectivity index is 3.37. The lowest BCUT2D eigenvalue weighted by Crippen LogP contribution is -2.14. The summed E-state index contributed by atoms with van der Waals surface area (Å²) in [6.07, 6.45) is -0.778. The van der Waals surface area contributed by atoms with Crippen molar-refractivity contribution in [2.75, 3.05) is 0 Å². The van der Waals surface area contributed by atoms with Gasteiger partial charge in [0.15, 0.2) is 0 Å². The monoisotopic (exact) mass is 132 g/mol. The van der Waals surface area contributed by atoms with E-state index >= 15 is 0 Å². The number of hydrogen-bond acceptors (Lipinski definition) is 4. The quantitative estimate of drug-likeness (QED) is 0.309. The van der Waals surface area contributed by atoms with Crippen LogP contribution in [0.5, 0.6) is 0 Å². The summed E-state index contributed by atoms with van der Waals surface area (Å²) in [4.78, 5) is 19.7. The molecule has 0 aliphatic carbocycles. The first-order valence-corrected chi connectivity index (χ1v) is 2.43. The van der Waals surface area contributed by atoms with E-state index in [0.717, 1.165) is 0 Å². The smallest absolute Gasteiger partial charge is 0.305 e. The number of rotatable bonds is 3. The predicted molar refractivity (Wildman–Crippen MR) is 28.4 cm³/mol. The molecule has 0 aromatic carbocycles. The number of carbonyl (C=O) groups excluding carboxylic acids is 2. The molecule has 4 nitrogen and oxygen atoms in total. The average molecular weight is 132 g/mol.